The van der Waals surface area contributed by atoms with Gasteiger partial charge in [-0.25, -0.2) is 0 Å². The molecule has 0 bridgehead atoms. The minimum absolute atomic E-state index is 0.0353. The number of hydrogen-bond donors (Lipinski definition) is 0. The normalized spacial score (nSPS) is 12.6. The first kappa shape index (κ1) is 33.3. The van der Waals surface area contributed by atoms with Crippen LogP contribution in [0.25, 0.3) is 52.9 Å². The number of hydrogen-bond acceptors (Lipinski definition) is 9. The zero-order chi connectivity index (χ0) is 36.1. The van der Waals surface area contributed by atoms with Gasteiger partial charge >= 0.3 is 0 Å². The molecule has 0 unspecified atom stereocenters. The monoisotopic (exact) mass is 742 g/mol. The maximum absolute atomic E-state index is 16.7. The number of ether oxygens (including phenoxy) is 2. The van der Waals surface area contributed by atoms with Crippen molar-refractivity contribution < 1.29 is 23.9 Å². The van der Waals surface area contributed by atoms with E-state index in [0.717, 1.165) is 52.9 Å². The molecule has 0 saturated carbocycles. The van der Waals surface area contributed by atoms with Gasteiger partial charge in [-0.3, -0.25) is 20.2 Å². The summed E-state index contributed by atoms with van der Waals surface area (Å²) < 4.78 is 27.6. The Morgan fingerprint density at radius 3 is 1.19 bits per heavy atom. The molecule has 256 valence electrons. The van der Waals surface area contributed by atoms with Crippen LogP contribution in [-0.4, -0.2) is 24.1 Å². The average Bonchev–Trinajstić information content (AvgIpc) is 3.85. The third-order valence-electron chi connectivity index (χ3n) is 9.15. The molecular formula is C40H27N2O7PS2. The van der Waals surface area contributed by atoms with Crippen LogP contribution in [0, 0.1) is 20.2 Å². The number of thiophene rings is 2. The van der Waals surface area contributed by atoms with Crippen molar-refractivity contribution in [2.75, 3.05) is 14.2 Å². The van der Waals surface area contributed by atoms with Crippen LogP contribution in [0.1, 0.15) is 0 Å². The molecule has 0 radical (unpaired) electrons. The van der Waals surface area contributed by atoms with E-state index < -0.39 is 17.0 Å². The highest BCUT2D eigenvalue weighted by atomic mass is 32.1. The molecule has 3 heterocycles. The van der Waals surface area contributed by atoms with Gasteiger partial charge in [-0.2, -0.15) is 0 Å². The lowest BCUT2D eigenvalue weighted by molar-refractivity contribution is -0.385. The molecule has 0 aliphatic carbocycles. The van der Waals surface area contributed by atoms with Gasteiger partial charge < -0.3 is 14.0 Å². The van der Waals surface area contributed by atoms with Crippen molar-refractivity contribution in [3.8, 4) is 64.4 Å². The van der Waals surface area contributed by atoms with Crippen LogP contribution >= 0.6 is 29.8 Å². The first-order valence-electron chi connectivity index (χ1n) is 16.0. The van der Waals surface area contributed by atoms with Crippen LogP contribution < -0.4 is 25.4 Å². The Morgan fingerprint density at radius 2 is 0.846 bits per heavy atom. The molecule has 52 heavy (non-hydrogen) atoms. The Hall–Kier alpha value is -5.87. The molecule has 1 aliphatic heterocycles. The number of benzene rings is 5. The third kappa shape index (κ3) is 5.33. The van der Waals surface area contributed by atoms with Crippen molar-refractivity contribution >= 4 is 57.1 Å². The molecule has 0 atom stereocenters. The predicted octanol–water partition coefficient (Wildman–Crippen LogP) is 9.93. The van der Waals surface area contributed by atoms with Gasteiger partial charge in [-0.15, -0.1) is 22.7 Å². The summed E-state index contributed by atoms with van der Waals surface area (Å²) >= 11 is 2.99. The molecule has 0 spiro atoms. The van der Waals surface area contributed by atoms with Crippen LogP contribution in [0.15, 0.2) is 127 Å². The van der Waals surface area contributed by atoms with Crippen molar-refractivity contribution in [3.05, 3.63) is 148 Å². The van der Waals surface area contributed by atoms with Crippen LogP contribution in [0.3, 0.4) is 0 Å². The maximum Gasteiger partial charge on any atom is 0.269 e. The number of rotatable bonds is 9. The summed E-state index contributed by atoms with van der Waals surface area (Å²) in [7, 11) is -0.447. The molecule has 5 aromatic carbocycles. The Balaban J connectivity index is 1.52. The van der Waals surface area contributed by atoms with Crippen LogP contribution in [0.5, 0.6) is 11.5 Å². The van der Waals surface area contributed by atoms with Crippen molar-refractivity contribution in [3.63, 3.8) is 0 Å². The van der Waals surface area contributed by atoms with Crippen molar-refractivity contribution in [2.24, 2.45) is 0 Å². The maximum atomic E-state index is 16.7. The lowest BCUT2D eigenvalue weighted by atomic mass is 9.98. The highest BCUT2D eigenvalue weighted by Gasteiger charge is 2.49. The molecule has 12 heteroatoms. The van der Waals surface area contributed by atoms with Crippen molar-refractivity contribution in [2.45, 2.75) is 0 Å². The number of non-ortho nitro benzene ring substituents is 2. The average molecular weight is 743 g/mol. The van der Waals surface area contributed by atoms with E-state index in [2.05, 4.69) is 0 Å². The summed E-state index contributed by atoms with van der Waals surface area (Å²) in [6.07, 6.45) is 0. The van der Waals surface area contributed by atoms with Crippen molar-refractivity contribution in [1.82, 2.24) is 0 Å². The van der Waals surface area contributed by atoms with E-state index >= 15 is 4.57 Å². The SMILES string of the molecule is COc1ccc(-c2sc(-c3ccc([N+](=O)[O-])cc3)c3c2P(=O)(c2ccccc2)c2c(-c4ccc(OC)cc4)sc(-c4ccc([N+](=O)[O-])cc4)c2-3)cc1. The van der Waals surface area contributed by atoms with Gasteiger partial charge in [0.25, 0.3) is 11.4 Å². The first-order chi connectivity index (χ1) is 25.2. The van der Waals surface area contributed by atoms with Gasteiger partial charge in [0.15, 0.2) is 7.14 Å². The van der Waals surface area contributed by atoms with Crippen LogP contribution in [-0.2, 0) is 4.57 Å². The summed E-state index contributed by atoms with van der Waals surface area (Å²) in [5.41, 5.74) is 4.69. The van der Waals surface area contributed by atoms with E-state index in [1.54, 1.807) is 38.5 Å². The topological polar surface area (TPSA) is 122 Å². The Kier molecular flexibility index (Phi) is 8.34. The predicted molar refractivity (Wildman–Crippen MR) is 209 cm³/mol. The second kappa shape index (κ2) is 13.0. The molecule has 0 N–H and O–H groups in total. The first-order valence-corrected chi connectivity index (χ1v) is 19.4. The number of nitrogens with zero attached hydrogens (tertiary/aromatic N) is 2. The van der Waals surface area contributed by atoms with Gasteiger partial charge in [-0.05, 0) is 95.1 Å². The molecule has 0 saturated heterocycles. The van der Waals surface area contributed by atoms with Gasteiger partial charge in [-0.1, -0.05) is 30.3 Å². The van der Waals surface area contributed by atoms with E-state index in [1.807, 2.05) is 78.9 Å². The summed E-state index contributed by atoms with van der Waals surface area (Å²) in [6.45, 7) is 0. The fourth-order valence-corrected chi connectivity index (χ4v) is 13.5. The fourth-order valence-electron chi connectivity index (χ4n) is 6.67. The molecule has 0 fully saturated rings. The number of methoxy groups -OCH3 is 2. The molecule has 2 aromatic heterocycles. The molecule has 1 aliphatic rings. The van der Waals surface area contributed by atoms with Crippen molar-refractivity contribution in [1.29, 1.82) is 0 Å². The van der Waals surface area contributed by atoms with Gasteiger partial charge in [0.1, 0.15) is 11.5 Å². The molecule has 9 nitrogen and oxygen atoms in total. The number of nitro benzene ring substituents is 2. The number of nitro groups is 2. The smallest absolute Gasteiger partial charge is 0.269 e. The summed E-state index contributed by atoms with van der Waals surface area (Å²) in [5.74, 6) is 1.36. The highest BCUT2D eigenvalue weighted by molar-refractivity contribution is 7.87. The van der Waals surface area contributed by atoms with E-state index in [4.69, 9.17) is 9.47 Å². The quantitative estimate of drug-likeness (QED) is 0.0820. The van der Waals surface area contributed by atoms with Crippen LogP contribution in [0.2, 0.25) is 0 Å². The zero-order valence-electron chi connectivity index (χ0n) is 27.6. The van der Waals surface area contributed by atoms with Crippen LogP contribution in [0.4, 0.5) is 11.4 Å². The van der Waals surface area contributed by atoms with E-state index in [1.165, 1.54) is 46.9 Å². The van der Waals surface area contributed by atoms with E-state index in [9.17, 15) is 20.2 Å². The summed E-state index contributed by atoms with van der Waals surface area (Å²) in [4.78, 5) is 25.7. The Bertz CT molecular complexity index is 2390. The summed E-state index contributed by atoms with van der Waals surface area (Å²) in [6, 6.07) is 37.6. The minimum Gasteiger partial charge on any atom is -0.497 e. The molecule has 8 rings (SSSR count). The van der Waals surface area contributed by atoms with Gasteiger partial charge in [0, 0.05) is 70.8 Å². The fraction of sp³-hybridized carbons (Fsp3) is 0.0500. The largest absolute Gasteiger partial charge is 0.497 e. The minimum atomic E-state index is -3.65. The molecular weight excluding hydrogens is 716 g/mol. The summed E-state index contributed by atoms with van der Waals surface area (Å²) in [5, 5.41) is 25.3. The van der Waals surface area contributed by atoms with Gasteiger partial charge in [0.05, 0.1) is 24.1 Å². The lowest BCUT2D eigenvalue weighted by Crippen LogP contribution is -2.21. The highest BCUT2D eigenvalue weighted by Crippen LogP contribution is 2.65. The molecule has 0 amide bonds. The second-order valence-corrected chi connectivity index (χ2v) is 16.6. The Labute approximate surface area is 306 Å². The third-order valence-corrected chi connectivity index (χ3v) is 15.2. The zero-order valence-corrected chi connectivity index (χ0v) is 30.2. The van der Waals surface area contributed by atoms with Gasteiger partial charge in [0.2, 0.25) is 0 Å². The standard InChI is InChI=1S/C40H27N2O7PS2/c1-48-30-20-12-26(13-21-30)39-35-33(37(51-39)24-8-16-28(17-9-24)41(43)44)34-36(50(35,47)32-6-4-3-5-7-32)40(27-14-22-31(49-2)23-15-27)52-38(34)25-10-18-29(19-11-25)42(45)46/h3-23H,1-2H3. The number of fused-ring (bicyclic) bond motifs is 3. The van der Waals surface area contributed by atoms with E-state index in [0.29, 0.717) is 27.4 Å². The lowest BCUT2D eigenvalue weighted by Gasteiger charge is -2.18. The van der Waals surface area contributed by atoms with E-state index in [-0.39, 0.29) is 11.4 Å². The Morgan fingerprint density at radius 1 is 0.500 bits per heavy atom. The molecule has 7 aromatic rings. The second-order valence-electron chi connectivity index (χ2n) is 12.0.